The van der Waals surface area contributed by atoms with Crippen molar-refractivity contribution >= 4 is 0 Å². The van der Waals surface area contributed by atoms with Crippen molar-refractivity contribution in [3.05, 3.63) is 11.8 Å². The topological polar surface area (TPSA) is 21.3 Å². The summed E-state index contributed by atoms with van der Waals surface area (Å²) in [7, 11) is 2.05. The van der Waals surface area contributed by atoms with Crippen LogP contribution in [0.4, 0.5) is 0 Å². The second-order valence-electron chi connectivity index (χ2n) is 5.17. The van der Waals surface area contributed by atoms with Crippen LogP contribution >= 0.6 is 0 Å². The average Bonchev–Trinajstić information content (AvgIpc) is 2.84. The van der Waals surface area contributed by atoms with Gasteiger partial charge in [-0.25, -0.2) is 0 Å². The van der Waals surface area contributed by atoms with Gasteiger partial charge in [-0.1, -0.05) is 25.7 Å². The highest BCUT2D eigenvalue weighted by molar-refractivity contribution is 5.05. The zero-order chi connectivity index (χ0) is 11.2. The van der Waals surface area contributed by atoms with Crippen molar-refractivity contribution in [3.8, 4) is 0 Å². The van der Waals surface area contributed by atoms with Crippen molar-refractivity contribution in [3.63, 3.8) is 0 Å². The van der Waals surface area contributed by atoms with Crippen molar-refractivity contribution in [2.24, 2.45) is 5.92 Å². The highest BCUT2D eigenvalue weighted by Gasteiger charge is 2.20. The van der Waals surface area contributed by atoms with Crippen LogP contribution < -0.4 is 5.32 Å². The lowest BCUT2D eigenvalue weighted by atomic mass is 9.97. The van der Waals surface area contributed by atoms with E-state index in [-0.39, 0.29) is 0 Å². The third kappa shape index (κ3) is 3.24. The summed E-state index contributed by atoms with van der Waals surface area (Å²) in [5.41, 5.74) is 0. The first kappa shape index (κ1) is 12.0. The number of rotatable bonds is 5. The van der Waals surface area contributed by atoms with Gasteiger partial charge in [0, 0.05) is 0 Å². The maximum Gasteiger partial charge on any atom is 0.109 e. The second-order valence-corrected chi connectivity index (χ2v) is 5.17. The lowest BCUT2D eigenvalue weighted by Gasteiger charge is -2.24. The Bertz CT molecular complexity index is 231. The largest absolute Gasteiger partial charge is 0.497 e. The van der Waals surface area contributed by atoms with Crippen LogP contribution in [0.2, 0.25) is 0 Å². The minimum Gasteiger partial charge on any atom is -0.497 e. The normalized spacial score (nSPS) is 23.9. The molecule has 1 N–H and O–H groups in total. The first-order valence-electron chi connectivity index (χ1n) is 6.90. The monoisotopic (exact) mass is 223 g/mol. The van der Waals surface area contributed by atoms with Gasteiger partial charge in [0.2, 0.25) is 0 Å². The Morgan fingerprint density at radius 1 is 1.38 bits per heavy atom. The van der Waals surface area contributed by atoms with E-state index in [1.165, 1.54) is 57.1 Å². The van der Waals surface area contributed by atoms with E-state index in [0.717, 1.165) is 12.5 Å². The number of hydrogen-bond acceptors (Lipinski definition) is 2. The molecule has 1 saturated carbocycles. The Balaban J connectivity index is 1.77. The molecule has 1 aliphatic carbocycles. The van der Waals surface area contributed by atoms with Gasteiger partial charge in [-0.05, 0) is 44.7 Å². The number of hydrogen-bond donors (Lipinski definition) is 1. The zero-order valence-corrected chi connectivity index (χ0v) is 10.5. The van der Waals surface area contributed by atoms with Crippen molar-refractivity contribution in [2.75, 3.05) is 13.7 Å². The van der Waals surface area contributed by atoms with E-state index in [4.69, 9.17) is 4.74 Å². The zero-order valence-electron chi connectivity index (χ0n) is 10.5. The molecule has 0 aromatic rings. The summed E-state index contributed by atoms with van der Waals surface area (Å²) in [4.78, 5) is 0. The molecule has 0 spiro atoms. The third-order valence-electron chi connectivity index (χ3n) is 3.99. The number of nitrogens with one attached hydrogen (secondary N) is 1. The summed E-state index contributed by atoms with van der Waals surface area (Å²) in [5, 5.41) is 3.40. The molecule has 2 heteroatoms. The maximum atomic E-state index is 5.74. The van der Waals surface area contributed by atoms with Crippen LogP contribution in [0, 0.1) is 5.92 Å². The highest BCUT2D eigenvalue weighted by atomic mass is 16.5. The molecule has 1 aliphatic heterocycles. The minimum atomic E-state index is 0.459. The van der Waals surface area contributed by atoms with Crippen LogP contribution in [0.15, 0.2) is 11.8 Å². The van der Waals surface area contributed by atoms with Crippen molar-refractivity contribution in [2.45, 2.75) is 57.4 Å². The molecule has 16 heavy (non-hydrogen) atoms. The molecular formula is C14H25NO. The van der Waals surface area contributed by atoms with Crippen LogP contribution in [0.1, 0.15) is 51.4 Å². The SMILES string of the molecule is CNC(CCC1CCCC1)C1=CCCCO1. The molecule has 0 aromatic carbocycles. The predicted molar refractivity (Wildman–Crippen MR) is 67.3 cm³/mol. The molecule has 0 amide bonds. The Kier molecular flexibility index (Phi) is 4.70. The van der Waals surface area contributed by atoms with E-state index >= 15 is 0 Å². The van der Waals surface area contributed by atoms with Gasteiger partial charge in [-0.2, -0.15) is 0 Å². The highest BCUT2D eigenvalue weighted by Crippen LogP contribution is 2.30. The van der Waals surface area contributed by atoms with Crippen molar-refractivity contribution in [1.82, 2.24) is 5.32 Å². The molecule has 2 aliphatic rings. The van der Waals surface area contributed by atoms with Crippen LogP contribution in [0.25, 0.3) is 0 Å². The summed E-state index contributed by atoms with van der Waals surface area (Å²) >= 11 is 0. The predicted octanol–water partition coefficient (Wildman–Crippen LogP) is 3.24. The van der Waals surface area contributed by atoms with Crippen LogP contribution in [-0.4, -0.2) is 19.7 Å². The molecule has 0 aromatic heterocycles. The summed E-state index contributed by atoms with van der Waals surface area (Å²) in [6.45, 7) is 0.910. The van der Waals surface area contributed by atoms with Gasteiger partial charge >= 0.3 is 0 Å². The molecule has 0 radical (unpaired) electrons. The molecule has 0 bridgehead atoms. The van der Waals surface area contributed by atoms with E-state index in [0.29, 0.717) is 6.04 Å². The van der Waals surface area contributed by atoms with Gasteiger partial charge in [0.25, 0.3) is 0 Å². The molecule has 1 heterocycles. The Morgan fingerprint density at radius 2 is 2.19 bits per heavy atom. The van der Waals surface area contributed by atoms with Gasteiger partial charge < -0.3 is 10.1 Å². The molecule has 2 rings (SSSR count). The van der Waals surface area contributed by atoms with E-state index in [1.54, 1.807) is 0 Å². The van der Waals surface area contributed by atoms with Gasteiger partial charge in [0.15, 0.2) is 0 Å². The van der Waals surface area contributed by atoms with Crippen molar-refractivity contribution in [1.29, 1.82) is 0 Å². The molecule has 1 unspecified atom stereocenters. The van der Waals surface area contributed by atoms with Gasteiger partial charge in [-0.3, -0.25) is 0 Å². The molecule has 92 valence electrons. The average molecular weight is 223 g/mol. The van der Waals surface area contributed by atoms with Crippen LogP contribution in [0.3, 0.4) is 0 Å². The lowest BCUT2D eigenvalue weighted by molar-refractivity contribution is 0.165. The van der Waals surface area contributed by atoms with E-state index in [1.807, 2.05) is 0 Å². The van der Waals surface area contributed by atoms with Crippen molar-refractivity contribution < 1.29 is 4.74 Å². The fourth-order valence-corrected chi connectivity index (χ4v) is 2.95. The molecule has 1 fully saturated rings. The number of ether oxygens (including phenoxy) is 1. The quantitative estimate of drug-likeness (QED) is 0.772. The lowest BCUT2D eigenvalue weighted by Crippen LogP contribution is -2.30. The maximum absolute atomic E-state index is 5.74. The Morgan fingerprint density at radius 3 is 2.81 bits per heavy atom. The Hall–Kier alpha value is -0.500. The fraction of sp³-hybridized carbons (Fsp3) is 0.857. The molecule has 0 saturated heterocycles. The van der Waals surface area contributed by atoms with Gasteiger partial charge in [-0.15, -0.1) is 0 Å². The summed E-state index contributed by atoms with van der Waals surface area (Å²) in [6.07, 6.45) is 13.1. The van der Waals surface area contributed by atoms with Gasteiger partial charge in [0.05, 0.1) is 12.6 Å². The second kappa shape index (κ2) is 6.29. The van der Waals surface area contributed by atoms with E-state index in [2.05, 4.69) is 18.4 Å². The Labute approximate surface area is 99.4 Å². The van der Waals surface area contributed by atoms with Gasteiger partial charge in [0.1, 0.15) is 5.76 Å². The fourth-order valence-electron chi connectivity index (χ4n) is 2.95. The molecule has 2 nitrogen and oxygen atoms in total. The van der Waals surface area contributed by atoms with E-state index < -0.39 is 0 Å². The van der Waals surface area contributed by atoms with Crippen LogP contribution in [-0.2, 0) is 4.74 Å². The summed E-state index contributed by atoms with van der Waals surface area (Å²) in [6, 6.07) is 0.459. The first-order valence-corrected chi connectivity index (χ1v) is 6.90. The summed E-state index contributed by atoms with van der Waals surface area (Å²) in [5.74, 6) is 2.19. The standard InChI is InChI=1S/C14H25NO/c1-15-13(14-8-4-5-11-16-14)10-9-12-6-2-3-7-12/h8,12-13,15H,2-7,9-11H2,1H3. The molecule has 1 atom stereocenters. The third-order valence-corrected chi connectivity index (χ3v) is 3.99. The summed E-state index contributed by atoms with van der Waals surface area (Å²) < 4.78 is 5.74. The minimum absolute atomic E-state index is 0.459. The van der Waals surface area contributed by atoms with E-state index in [9.17, 15) is 0 Å². The number of likely N-dealkylation sites (N-methyl/N-ethyl adjacent to an activating group) is 1. The first-order chi connectivity index (χ1) is 7.90. The van der Waals surface area contributed by atoms with Crippen LogP contribution in [0.5, 0.6) is 0 Å². The number of allylic oxidation sites excluding steroid dienone is 1. The smallest absolute Gasteiger partial charge is 0.109 e. The molecular weight excluding hydrogens is 198 g/mol.